The number of halogens is 1. The molecule has 1 fully saturated rings. The Balaban J connectivity index is 0.00000256. The molecule has 1 atom stereocenters. The minimum Gasteiger partial charge on any atom is -1.00 e. The lowest BCUT2D eigenvalue weighted by atomic mass is 10.3. The molecule has 1 heterocycles. The van der Waals surface area contributed by atoms with Gasteiger partial charge in [0, 0.05) is 5.75 Å². The van der Waals surface area contributed by atoms with Crippen molar-refractivity contribution < 1.29 is 26.4 Å². The summed E-state index contributed by atoms with van der Waals surface area (Å²) in [5.41, 5.74) is 0. The van der Waals surface area contributed by atoms with Crippen LogP contribution in [0.15, 0.2) is 0 Å². The van der Waals surface area contributed by atoms with Crippen molar-refractivity contribution in [3.8, 4) is 0 Å². The van der Waals surface area contributed by atoms with E-state index in [1.54, 1.807) is 11.8 Å². The largest absolute Gasteiger partial charge is 1.00 e. The molecule has 0 amide bonds. The van der Waals surface area contributed by atoms with Crippen LogP contribution in [0.1, 0.15) is 13.8 Å². The Hall–Kier alpha value is 0.0300. The molecular formula is C11H23ClN2O2S. The Morgan fingerprint density at radius 2 is 2.06 bits per heavy atom. The van der Waals surface area contributed by atoms with Crippen molar-refractivity contribution in [1.29, 1.82) is 0 Å². The minimum absolute atomic E-state index is 0. The first-order valence-corrected chi connectivity index (χ1v) is 6.57. The summed E-state index contributed by atoms with van der Waals surface area (Å²) in [6.07, 6.45) is 0. The second-order valence-corrected chi connectivity index (χ2v) is 7.34. The molecule has 17 heavy (non-hydrogen) atoms. The molecule has 0 saturated carbocycles. The maximum absolute atomic E-state index is 11.7. The van der Waals surface area contributed by atoms with Gasteiger partial charge in [-0.25, -0.2) is 0 Å². The molecule has 1 aliphatic rings. The van der Waals surface area contributed by atoms with E-state index < -0.39 is 0 Å². The monoisotopic (exact) mass is 282 g/mol. The molecule has 0 bridgehead atoms. The third-order valence-corrected chi connectivity index (χ3v) is 3.76. The minimum atomic E-state index is -0.146. The summed E-state index contributed by atoms with van der Waals surface area (Å²) < 4.78 is 6.08. The molecule has 0 spiro atoms. The van der Waals surface area contributed by atoms with Gasteiger partial charge in [-0.2, -0.15) is 0 Å². The molecule has 0 aromatic rings. The zero-order valence-corrected chi connectivity index (χ0v) is 12.8. The van der Waals surface area contributed by atoms with Gasteiger partial charge in [-0.05, 0) is 13.8 Å². The lowest BCUT2D eigenvalue weighted by molar-refractivity contribution is -0.870. The molecule has 1 N–H and O–H groups in total. The van der Waals surface area contributed by atoms with Crippen molar-refractivity contribution in [2.24, 2.45) is 0 Å². The number of hydrogen-bond acceptors (Lipinski definition) is 4. The van der Waals surface area contributed by atoms with Crippen LogP contribution in [-0.2, 0) is 9.53 Å². The highest BCUT2D eigenvalue weighted by atomic mass is 35.5. The van der Waals surface area contributed by atoms with E-state index in [4.69, 9.17) is 4.74 Å². The van der Waals surface area contributed by atoms with Crippen LogP contribution >= 0.6 is 11.8 Å². The molecule has 4 nitrogen and oxygen atoms in total. The van der Waals surface area contributed by atoms with Crippen LogP contribution in [0, 0.1) is 0 Å². The molecule has 0 aromatic heterocycles. The summed E-state index contributed by atoms with van der Waals surface area (Å²) in [4.78, 5) is 11.7. The lowest BCUT2D eigenvalue weighted by Gasteiger charge is -2.24. The van der Waals surface area contributed by atoms with Gasteiger partial charge in [0.25, 0.3) is 0 Å². The number of ether oxygens (including phenoxy) is 1. The molecule has 1 aliphatic heterocycles. The van der Waals surface area contributed by atoms with Crippen LogP contribution in [0.25, 0.3) is 0 Å². The van der Waals surface area contributed by atoms with E-state index in [0.717, 1.165) is 16.8 Å². The van der Waals surface area contributed by atoms with Crippen molar-refractivity contribution in [1.82, 2.24) is 5.32 Å². The van der Waals surface area contributed by atoms with Gasteiger partial charge in [0.05, 0.1) is 26.0 Å². The summed E-state index contributed by atoms with van der Waals surface area (Å²) >= 11 is 1.76. The fourth-order valence-electron chi connectivity index (χ4n) is 1.44. The van der Waals surface area contributed by atoms with E-state index >= 15 is 0 Å². The molecule has 1 unspecified atom stereocenters. The molecule has 1 rings (SSSR count). The van der Waals surface area contributed by atoms with Crippen molar-refractivity contribution >= 4 is 17.7 Å². The van der Waals surface area contributed by atoms with Crippen LogP contribution < -0.4 is 17.7 Å². The highest BCUT2D eigenvalue weighted by Crippen LogP contribution is 2.29. The fourth-order valence-corrected chi connectivity index (χ4v) is 2.47. The van der Waals surface area contributed by atoms with E-state index in [1.165, 1.54) is 0 Å². The summed E-state index contributed by atoms with van der Waals surface area (Å²) in [6.45, 7) is 5.49. The van der Waals surface area contributed by atoms with E-state index in [-0.39, 0.29) is 29.3 Å². The van der Waals surface area contributed by atoms with Crippen LogP contribution in [0.4, 0.5) is 0 Å². The van der Waals surface area contributed by atoms with E-state index in [0.29, 0.717) is 6.61 Å². The SMILES string of the molecule is CC1(C)NC(C(=O)OCC[N+](C)(C)C)CS1.[Cl-]. The van der Waals surface area contributed by atoms with Crippen molar-refractivity contribution in [3.63, 3.8) is 0 Å². The van der Waals surface area contributed by atoms with E-state index in [2.05, 4.69) is 40.3 Å². The zero-order valence-electron chi connectivity index (χ0n) is 11.2. The third-order valence-electron chi connectivity index (χ3n) is 2.42. The average molecular weight is 283 g/mol. The van der Waals surface area contributed by atoms with E-state index in [1.807, 2.05) is 0 Å². The van der Waals surface area contributed by atoms with Crippen molar-refractivity contribution in [2.45, 2.75) is 24.8 Å². The normalized spacial score (nSPS) is 23.0. The Morgan fingerprint density at radius 1 is 1.47 bits per heavy atom. The zero-order chi connectivity index (χ0) is 12.4. The highest BCUT2D eigenvalue weighted by molar-refractivity contribution is 8.00. The van der Waals surface area contributed by atoms with Crippen LogP contribution in [0.3, 0.4) is 0 Å². The van der Waals surface area contributed by atoms with Crippen molar-refractivity contribution in [3.05, 3.63) is 0 Å². The molecule has 102 valence electrons. The standard InChI is InChI=1S/C11H23N2O2S.ClH/c1-11(2)12-9(8-16-11)10(14)15-7-6-13(3,4)5;/h9,12H,6-8H2,1-5H3;1H/q+1;/p-1. The van der Waals surface area contributed by atoms with Gasteiger partial charge in [0.2, 0.25) is 0 Å². The smallest absolute Gasteiger partial charge is 0.324 e. The third kappa shape index (κ3) is 6.50. The Labute approximate surface area is 114 Å². The van der Waals surface area contributed by atoms with Gasteiger partial charge in [-0.15, -0.1) is 11.8 Å². The van der Waals surface area contributed by atoms with Gasteiger partial charge < -0.3 is 21.6 Å². The maximum atomic E-state index is 11.7. The molecule has 0 aromatic carbocycles. The van der Waals surface area contributed by atoms with Crippen LogP contribution in [0.2, 0.25) is 0 Å². The van der Waals surface area contributed by atoms with Gasteiger partial charge in [-0.3, -0.25) is 10.1 Å². The first-order valence-electron chi connectivity index (χ1n) is 5.58. The van der Waals surface area contributed by atoms with Gasteiger partial charge >= 0.3 is 5.97 Å². The number of carbonyl (C=O) groups excluding carboxylic acids is 1. The quantitative estimate of drug-likeness (QED) is 0.464. The predicted molar refractivity (Wildman–Crippen MR) is 67.3 cm³/mol. The number of nitrogens with zero attached hydrogens (tertiary/aromatic N) is 1. The number of hydrogen-bond donors (Lipinski definition) is 1. The number of quaternary nitrogens is 1. The van der Waals surface area contributed by atoms with Gasteiger partial charge in [0.15, 0.2) is 0 Å². The summed E-state index contributed by atoms with van der Waals surface area (Å²) in [6, 6.07) is -0.146. The molecule has 1 saturated heterocycles. The molecule has 0 aliphatic carbocycles. The number of likely N-dealkylation sites (N-methyl/N-ethyl adjacent to an activating group) is 1. The average Bonchev–Trinajstić information content (AvgIpc) is 2.43. The topological polar surface area (TPSA) is 38.3 Å². The Kier molecular flexibility index (Phi) is 6.28. The first kappa shape index (κ1) is 17.0. The molecular weight excluding hydrogens is 260 g/mol. The first-order chi connectivity index (χ1) is 7.20. The van der Waals surface area contributed by atoms with Gasteiger partial charge in [0.1, 0.15) is 19.2 Å². The number of thioether (sulfide) groups is 1. The Morgan fingerprint density at radius 3 is 2.47 bits per heavy atom. The number of esters is 1. The van der Waals surface area contributed by atoms with Crippen LogP contribution in [0.5, 0.6) is 0 Å². The maximum Gasteiger partial charge on any atom is 0.324 e. The fraction of sp³-hybridized carbons (Fsp3) is 0.909. The van der Waals surface area contributed by atoms with Crippen molar-refractivity contribution in [2.75, 3.05) is 40.0 Å². The second kappa shape index (κ2) is 6.27. The molecule has 0 radical (unpaired) electrons. The summed E-state index contributed by atoms with van der Waals surface area (Å²) in [5, 5.41) is 3.26. The second-order valence-electron chi connectivity index (χ2n) is 5.70. The van der Waals surface area contributed by atoms with Crippen LogP contribution in [-0.4, -0.2) is 61.4 Å². The lowest BCUT2D eigenvalue weighted by Crippen LogP contribution is -3.00. The number of carbonyl (C=O) groups is 1. The highest BCUT2D eigenvalue weighted by Gasteiger charge is 2.35. The predicted octanol–water partition coefficient (Wildman–Crippen LogP) is -2.32. The summed E-state index contributed by atoms with van der Waals surface area (Å²) in [7, 11) is 6.25. The number of rotatable bonds is 4. The van der Waals surface area contributed by atoms with Gasteiger partial charge in [-0.1, -0.05) is 0 Å². The Bertz CT molecular complexity index is 267. The number of nitrogens with one attached hydrogen (secondary N) is 1. The van der Waals surface area contributed by atoms with E-state index in [9.17, 15) is 4.79 Å². The summed E-state index contributed by atoms with van der Waals surface area (Å²) in [5.74, 6) is 0.683. The molecule has 6 heteroatoms.